The third-order valence-corrected chi connectivity index (χ3v) is 9.35. The van der Waals surface area contributed by atoms with Crippen molar-refractivity contribution in [2.75, 3.05) is 24.5 Å². The van der Waals surface area contributed by atoms with E-state index in [9.17, 15) is 18.0 Å². The van der Waals surface area contributed by atoms with Crippen molar-refractivity contribution in [3.05, 3.63) is 125 Å². The second-order valence-corrected chi connectivity index (χ2v) is 12.6. The molecule has 4 aromatic rings. The first kappa shape index (κ1) is 30.3. The molecule has 222 valence electrons. The molecule has 4 aromatic carbocycles. The molecule has 1 heterocycles. The van der Waals surface area contributed by atoms with Gasteiger partial charge in [-0.3, -0.25) is 9.59 Å². The minimum atomic E-state index is -4.10. The fourth-order valence-electron chi connectivity index (χ4n) is 4.89. The van der Waals surface area contributed by atoms with Gasteiger partial charge in [0.1, 0.15) is 5.75 Å². The average Bonchev–Trinajstić information content (AvgIpc) is 3.01. The van der Waals surface area contributed by atoms with E-state index in [2.05, 4.69) is 5.32 Å². The molecule has 10 heteroatoms. The van der Waals surface area contributed by atoms with E-state index >= 15 is 0 Å². The van der Waals surface area contributed by atoms with Crippen molar-refractivity contribution < 1.29 is 22.7 Å². The molecule has 0 saturated heterocycles. The SMILES string of the molecule is Cc1ccccc1CN(CC(=O)N1C[C@H](C(=O)NCCc2ccccc2)Oc2ccccc21)S(=O)(=O)c1ccc(Cl)cc1. The number of anilines is 1. The molecule has 43 heavy (non-hydrogen) atoms. The van der Waals surface area contributed by atoms with Crippen molar-refractivity contribution in [2.45, 2.75) is 30.9 Å². The Morgan fingerprint density at radius 1 is 0.930 bits per heavy atom. The summed E-state index contributed by atoms with van der Waals surface area (Å²) in [6.45, 7) is 1.77. The number of carbonyl (C=O) groups is 2. The third kappa shape index (κ3) is 7.25. The Labute approximate surface area is 256 Å². The molecule has 0 fully saturated rings. The van der Waals surface area contributed by atoms with Gasteiger partial charge in [0, 0.05) is 18.1 Å². The maximum atomic E-state index is 14.0. The molecule has 0 bridgehead atoms. The number of aryl methyl sites for hydroxylation is 1. The van der Waals surface area contributed by atoms with E-state index in [1.54, 1.807) is 24.3 Å². The van der Waals surface area contributed by atoms with Crippen LogP contribution >= 0.6 is 11.6 Å². The Balaban J connectivity index is 1.38. The molecule has 1 aliphatic rings. The first-order valence-corrected chi connectivity index (χ1v) is 15.7. The molecule has 5 rings (SSSR count). The van der Waals surface area contributed by atoms with Gasteiger partial charge < -0.3 is 15.0 Å². The highest BCUT2D eigenvalue weighted by atomic mass is 35.5. The summed E-state index contributed by atoms with van der Waals surface area (Å²) >= 11 is 6.01. The highest BCUT2D eigenvalue weighted by Crippen LogP contribution is 2.34. The van der Waals surface area contributed by atoms with Crippen LogP contribution in [0.25, 0.3) is 0 Å². The minimum Gasteiger partial charge on any atom is -0.477 e. The summed E-state index contributed by atoms with van der Waals surface area (Å²) in [4.78, 5) is 28.6. The molecule has 0 spiro atoms. The topological polar surface area (TPSA) is 96.0 Å². The van der Waals surface area contributed by atoms with E-state index in [0.717, 1.165) is 21.0 Å². The fraction of sp³-hybridized carbons (Fsp3) is 0.212. The van der Waals surface area contributed by atoms with Crippen molar-refractivity contribution in [2.24, 2.45) is 0 Å². The van der Waals surface area contributed by atoms with Crippen LogP contribution in [-0.2, 0) is 32.6 Å². The van der Waals surface area contributed by atoms with Crippen molar-refractivity contribution in [1.82, 2.24) is 9.62 Å². The Morgan fingerprint density at radius 2 is 1.60 bits per heavy atom. The molecule has 0 unspecified atom stereocenters. The van der Waals surface area contributed by atoms with Gasteiger partial charge in [-0.25, -0.2) is 8.42 Å². The van der Waals surface area contributed by atoms with Crippen LogP contribution < -0.4 is 15.0 Å². The van der Waals surface area contributed by atoms with E-state index in [-0.39, 0.29) is 23.9 Å². The number of nitrogens with zero attached hydrogens (tertiary/aromatic N) is 2. The number of amides is 2. The largest absolute Gasteiger partial charge is 0.477 e. The third-order valence-electron chi connectivity index (χ3n) is 7.29. The van der Waals surface area contributed by atoms with Crippen molar-refractivity contribution in [3.8, 4) is 5.75 Å². The van der Waals surface area contributed by atoms with Crippen molar-refractivity contribution >= 4 is 39.1 Å². The second kappa shape index (κ2) is 13.4. The van der Waals surface area contributed by atoms with Crippen molar-refractivity contribution in [3.63, 3.8) is 0 Å². The summed E-state index contributed by atoms with van der Waals surface area (Å²) < 4.78 is 34.9. The zero-order chi connectivity index (χ0) is 30.4. The first-order chi connectivity index (χ1) is 20.7. The van der Waals surface area contributed by atoms with Gasteiger partial charge in [0.25, 0.3) is 5.91 Å². The van der Waals surface area contributed by atoms with Gasteiger partial charge >= 0.3 is 0 Å². The monoisotopic (exact) mass is 617 g/mol. The predicted molar refractivity (Wildman–Crippen MR) is 167 cm³/mol. The normalized spacial score (nSPS) is 14.6. The van der Waals surface area contributed by atoms with Crippen LogP contribution in [0, 0.1) is 6.92 Å². The van der Waals surface area contributed by atoms with Crippen LogP contribution in [0.4, 0.5) is 5.69 Å². The van der Waals surface area contributed by atoms with E-state index in [1.807, 2.05) is 61.5 Å². The van der Waals surface area contributed by atoms with Gasteiger partial charge in [0.15, 0.2) is 6.10 Å². The van der Waals surface area contributed by atoms with E-state index in [1.165, 1.54) is 29.2 Å². The lowest BCUT2D eigenvalue weighted by molar-refractivity contribution is -0.128. The molecule has 2 amide bonds. The van der Waals surface area contributed by atoms with E-state index < -0.39 is 28.6 Å². The Kier molecular flexibility index (Phi) is 9.45. The van der Waals surface area contributed by atoms with Crippen LogP contribution in [0.3, 0.4) is 0 Å². The summed E-state index contributed by atoms with van der Waals surface area (Å²) in [7, 11) is -4.10. The molecule has 1 aliphatic heterocycles. The average molecular weight is 618 g/mol. The number of benzene rings is 4. The number of ether oxygens (including phenoxy) is 1. The number of carbonyl (C=O) groups excluding carboxylic acids is 2. The van der Waals surface area contributed by atoms with Gasteiger partial charge in [-0.05, 0) is 66.4 Å². The summed E-state index contributed by atoms with van der Waals surface area (Å²) in [6, 6.07) is 30.0. The van der Waals surface area contributed by atoms with E-state index in [0.29, 0.717) is 29.4 Å². The zero-order valence-electron chi connectivity index (χ0n) is 23.6. The van der Waals surface area contributed by atoms with Crippen LogP contribution in [0.15, 0.2) is 108 Å². The minimum absolute atomic E-state index is 0.0151. The van der Waals surface area contributed by atoms with E-state index in [4.69, 9.17) is 16.3 Å². The Morgan fingerprint density at radius 3 is 2.35 bits per heavy atom. The zero-order valence-corrected chi connectivity index (χ0v) is 25.2. The van der Waals surface area contributed by atoms with Crippen LogP contribution in [-0.4, -0.2) is 50.3 Å². The highest BCUT2D eigenvalue weighted by Gasteiger charge is 2.36. The lowest BCUT2D eigenvalue weighted by Crippen LogP contribution is -2.53. The summed E-state index contributed by atoms with van der Waals surface area (Å²) in [6.07, 6.45) is -0.318. The molecule has 0 aliphatic carbocycles. The van der Waals surface area contributed by atoms with Gasteiger partial charge in [-0.2, -0.15) is 4.31 Å². The van der Waals surface area contributed by atoms with Crippen molar-refractivity contribution in [1.29, 1.82) is 0 Å². The molecule has 0 saturated carbocycles. The Bertz CT molecular complexity index is 1700. The lowest BCUT2D eigenvalue weighted by Gasteiger charge is -2.35. The summed E-state index contributed by atoms with van der Waals surface area (Å²) in [5, 5.41) is 3.30. The number of fused-ring (bicyclic) bond motifs is 1. The highest BCUT2D eigenvalue weighted by molar-refractivity contribution is 7.89. The molecule has 0 radical (unpaired) electrons. The Hall–Kier alpha value is -4.18. The molecule has 8 nitrogen and oxygen atoms in total. The number of halogens is 1. The van der Waals surface area contributed by atoms with Gasteiger partial charge in [0.2, 0.25) is 15.9 Å². The standard InChI is InChI=1S/C33H32ClN3O5S/c1-24-9-5-6-12-26(24)21-36(43(40,41)28-17-15-27(34)16-18-28)23-32(38)37-22-31(42-30-14-8-7-13-29(30)37)33(39)35-20-19-25-10-3-2-4-11-25/h2-18,31H,19-23H2,1H3,(H,35,39)/t31-/m1/s1. The van der Waals surface area contributed by atoms with Gasteiger partial charge in [-0.15, -0.1) is 0 Å². The quantitative estimate of drug-likeness (QED) is 0.270. The lowest BCUT2D eigenvalue weighted by atomic mass is 10.1. The fourth-order valence-corrected chi connectivity index (χ4v) is 6.38. The summed E-state index contributed by atoms with van der Waals surface area (Å²) in [5.74, 6) is -0.464. The number of rotatable bonds is 10. The number of nitrogens with one attached hydrogen (secondary N) is 1. The van der Waals surface area contributed by atoms with Gasteiger partial charge in [-0.1, -0.05) is 78.3 Å². The molecule has 1 N–H and O–H groups in total. The number of para-hydroxylation sites is 2. The second-order valence-electron chi connectivity index (χ2n) is 10.3. The van der Waals surface area contributed by atoms with Crippen LogP contribution in [0.5, 0.6) is 5.75 Å². The maximum Gasteiger partial charge on any atom is 0.262 e. The van der Waals surface area contributed by atoms with Gasteiger partial charge in [0.05, 0.1) is 23.7 Å². The number of hydrogen-bond donors (Lipinski definition) is 1. The molecular weight excluding hydrogens is 586 g/mol. The predicted octanol–water partition coefficient (Wildman–Crippen LogP) is 4.99. The number of sulfonamides is 1. The first-order valence-electron chi connectivity index (χ1n) is 13.9. The smallest absolute Gasteiger partial charge is 0.262 e. The van der Waals surface area contributed by atoms with Crippen LogP contribution in [0.1, 0.15) is 16.7 Å². The maximum absolute atomic E-state index is 14.0. The molecule has 1 atom stereocenters. The summed E-state index contributed by atoms with van der Waals surface area (Å²) in [5.41, 5.74) is 3.23. The molecular formula is C33H32ClN3O5S. The molecule has 0 aromatic heterocycles. The number of hydrogen-bond acceptors (Lipinski definition) is 5. The van der Waals surface area contributed by atoms with Crippen LogP contribution in [0.2, 0.25) is 5.02 Å².